The van der Waals surface area contributed by atoms with Gasteiger partial charge in [0.1, 0.15) is 0 Å². The first-order chi connectivity index (χ1) is 13.1. The van der Waals surface area contributed by atoms with E-state index in [1.807, 2.05) is 24.3 Å². The lowest BCUT2D eigenvalue weighted by atomic mass is 9.67. The number of hydrogen-bond acceptors (Lipinski definition) is 4. The van der Waals surface area contributed by atoms with Crippen molar-refractivity contribution < 1.29 is 9.21 Å². The van der Waals surface area contributed by atoms with Crippen molar-refractivity contribution in [3.8, 4) is 11.3 Å². The molecule has 1 aromatic heterocycles. The number of carbonyl (C=O) groups is 1. The molecule has 2 aliphatic rings. The molecule has 0 aliphatic heterocycles. The number of rotatable bonds is 5. The molecule has 0 radical (unpaired) electrons. The lowest BCUT2D eigenvalue weighted by Crippen LogP contribution is -2.53. The molecule has 1 amide bonds. The number of nitrogens with zero attached hydrogens (tertiary/aromatic N) is 1. The zero-order chi connectivity index (χ0) is 18.8. The van der Waals surface area contributed by atoms with Gasteiger partial charge in [0.2, 0.25) is 5.91 Å². The average Bonchev–Trinajstić information content (AvgIpc) is 3.10. The van der Waals surface area contributed by atoms with E-state index in [1.54, 1.807) is 6.20 Å². The predicted octanol–water partition coefficient (Wildman–Crippen LogP) is 4.79. The second kappa shape index (κ2) is 10.7. The Morgan fingerprint density at radius 1 is 1.17 bits per heavy atom. The summed E-state index contributed by atoms with van der Waals surface area (Å²) in [5, 5.41) is 3.96. The zero-order valence-electron chi connectivity index (χ0n) is 16.2. The van der Waals surface area contributed by atoms with E-state index < -0.39 is 0 Å². The number of hydrogen-bond donors (Lipinski definition) is 2. The van der Waals surface area contributed by atoms with Gasteiger partial charge in [0.15, 0.2) is 11.7 Å². The minimum Gasteiger partial charge on any atom is -0.441 e. The quantitative estimate of drug-likeness (QED) is 0.672. The highest BCUT2D eigenvalue weighted by atomic mass is 35.5. The number of aromatic nitrogens is 1. The topological polar surface area (TPSA) is 81.1 Å². The van der Waals surface area contributed by atoms with Crippen molar-refractivity contribution in [1.29, 1.82) is 0 Å². The van der Waals surface area contributed by atoms with Crippen LogP contribution in [-0.2, 0) is 11.2 Å². The highest BCUT2D eigenvalue weighted by Crippen LogP contribution is 2.39. The first kappa shape index (κ1) is 24.0. The van der Waals surface area contributed by atoms with Crippen LogP contribution >= 0.6 is 36.4 Å². The van der Waals surface area contributed by atoms with Crippen molar-refractivity contribution in [1.82, 2.24) is 10.3 Å². The zero-order valence-corrected chi connectivity index (χ0v) is 18.6. The molecule has 2 saturated carbocycles. The van der Waals surface area contributed by atoms with E-state index in [0.29, 0.717) is 53.4 Å². The van der Waals surface area contributed by atoms with Gasteiger partial charge in [0.05, 0.1) is 6.20 Å². The summed E-state index contributed by atoms with van der Waals surface area (Å²) >= 11 is 5.91. The van der Waals surface area contributed by atoms with Gasteiger partial charge in [0, 0.05) is 35.5 Å². The minimum absolute atomic E-state index is 0. The second-order valence-electron chi connectivity index (χ2n) is 7.90. The SMILES string of the molecule is Cl.Cl.NC1CC2CCCC(C1)C2NC(=O)CCc1ncc(-c2ccc(Cl)cc2)o1. The molecule has 2 aromatic rings. The Bertz CT molecular complexity index is 783. The maximum absolute atomic E-state index is 12.5. The van der Waals surface area contributed by atoms with E-state index in [9.17, 15) is 4.79 Å². The molecule has 3 N–H and O–H groups in total. The van der Waals surface area contributed by atoms with Gasteiger partial charge in [-0.3, -0.25) is 4.79 Å². The molecule has 2 aliphatic carbocycles. The first-order valence-electron chi connectivity index (χ1n) is 9.84. The highest BCUT2D eigenvalue weighted by Gasteiger charge is 2.39. The van der Waals surface area contributed by atoms with Gasteiger partial charge < -0.3 is 15.5 Å². The van der Waals surface area contributed by atoms with Gasteiger partial charge in [0.25, 0.3) is 0 Å². The smallest absolute Gasteiger partial charge is 0.220 e. The largest absolute Gasteiger partial charge is 0.441 e. The van der Waals surface area contributed by atoms with E-state index in [0.717, 1.165) is 18.4 Å². The second-order valence-corrected chi connectivity index (χ2v) is 8.34. The van der Waals surface area contributed by atoms with Crippen LogP contribution in [0.1, 0.15) is 44.4 Å². The van der Waals surface area contributed by atoms with Gasteiger partial charge in [-0.25, -0.2) is 4.98 Å². The Kier molecular flexibility index (Phi) is 8.83. The lowest BCUT2D eigenvalue weighted by Gasteiger charge is -2.45. The normalized spacial score (nSPS) is 25.4. The summed E-state index contributed by atoms with van der Waals surface area (Å²) in [6.45, 7) is 0. The van der Waals surface area contributed by atoms with Crippen molar-refractivity contribution in [2.45, 2.75) is 57.0 Å². The summed E-state index contributed by atoms with van der Waals surface area (Å²) in [7, 11) is 0. The third-order valence-corrected chi connectivity index (χ3v) is 6.20. The van der Waals surface area contributed by atoms with Crippen molar-refractivity contribution in [2.24, 2.45) is 17.6 Å². The number of nitrogens with two attached hydrogens (primary N) is 1. The van der Waals surface area contributed by atoms with Crippen molar-refractivity contribution in [3.63, 3.8) is 0 Å². The lowest BCUT2D eigenvalue weighted by molar-refractivity contribution is -0.123. The number of benzene rings is 1. The maximum atomic E-state index is 12.5. The number of amides is 1. The van der Waals surface area contributed by atoms with E-state index in [4.69, 9.17) is 21.8 Å². The molecule has 0 spiro atoms. The van der Waals surface area contributed by atoms with Crippen LogP contribution in [0, 0.1) is 11.8 Å². The fourth-order valence-electron chi connectivity index (χ4n) is 4.68. The Morgan fingerprint density at radius 2 is 1.83 bits per heavy atom. The standard InChI is InChI=1S/C21H26ClN3O2.2ClH/c22-16-6-4-13(5-7-16)18-12-24-20(27-18)9-8-19(26)25-21-14-2-1-3-15(21)11-17(23)10-14;;/h4-7,12,14-15,17,21H,1-3,8-11,23H2,(H,25,26);2*1H. The number of oxazole rings is 1. The molecule has 1 heterocycles. The summed E-state index contributed by atoms with van der Waals surface area (Å²) in [4.78, 5) is 16.8. The molecule has 2 atom stereocenters. The molecule has 0 saturated heterocycles. The van der Waals surface area contributed by atoms with Crippen LogP contribution in [0.5, 0.6) is 0 Å². The summed E-state index contributed by atoms with van der Waals surface area (Å²) in [5.74, 6) is 2.43. The van der Waals surface area contributed by atoms with Crippen LogP contribution in [0.3, 0.4) is 0 Å². The molecular weight excluding hydrogens is 433 g/mol. The average molecular weight is 461 g/mol. The third kappa shape index (κ3) is 5.88. The Morgan fingerprint density at radius 3 is 2.48 bits per heavy atom. The Labute approximate surface area is 189 Å². The Balaban J connectivity index is 0.00000150. The van der Waals surface area contributed by atoms with Gasteiger partial charge >= 0.3 is 0 Å². The maximum Gasteiger partial charge on any atom is 0.220 e. The molecule has 29 heavy (non-hydrogen) atoms. The van der Waals surface area contributed by atoms with Gasteiger partial charge in [-0.15, -0.1) is 24.8 Å². The summed E-state index contributed by atoms with van der Waals surface area (Å²) in [6.07, 6.45) is 8.28. The molecule has 2 unspecified atom stereocenters. The number of nitrogens with one attached hydrogen (secondary N) is 1. The summed E-state index contributed by atoms with van der Waals surface area (Å²) < 4.78 is 5.79. The number of aryl methyl sites for hydroxylation is 1. The number of fused-ring (bicyclic) bond motifs is 2. The van der Waals surface area contributed by atoms with Crippen LogP contribution < -0.4 is 11.1 Å². The van der Waals surface area contributed by atoms with Crippen LogP contribution in [0.2, 0.25) is 5.02 Å². The van der Waals surface area contributed by atoms with Crippen molar-refractivity contribution >= 4 is 42.3 Å². The minimum atomic E-state index is 0. The number of carbonyl (C=O) groups excluding carboxylic acids is 1. The van der Waals surface area contributed by atoms with Crippen molar-refractivity contribution in [3.05, 3.63) is 41.4 Å². The highest BCUT2D eigenvalue weighted by molar-refractivity contribution is 6.30. The fourth-order valence-corrected chi connectivity index (χ4v) is 4.80. The van der Waals surface area contributed by atoms with Crippen LogP contribution in [0.25, 0.3) is 11.3 Å². The molecular formula is C21H28Cl3N3O2. The monoisotopic (exact) mass is 459 g/mol. The van der Waals surface area contributed by atoms with E-state index in [-0.39, 0.29) is 30.7 Å². The first-order valence-corrected chi connectivity index (χ1v) is 10.2. The van der Waals surface area contributed by atoms with E-state index >= 15 is 0 Å². The van der Waals surface area contributed by atoms with Gasteiger partial charge in [-0.2, -0.15) is 0 Å². The molecule has 4 rings (SSSR count). The van der Waals surface area contributed by atoms with Crippen LogP contribution in [0.4, 0.5) is 0 Å². The molecule has 2 bridgehead atoms. The fraction of sp³-hybridized carbons (Fsp3) is 0.524. The Hall–Kier alpha value is -1.27. The van der Waals surface area contributed by atoms with Gasteiger partial charge in [-0.05, 0) is 61.8 Å². The van der Waals surface area contributed by atoms with Gasteiger partial charge in [-0.1, -0.05) is 18.0 Å². The van der Waals surface area contributed by atoms with Crippen LogP contribution in [-0.4, -0.2) is 23.0 Å². The molecule has 160 valence electrons. The number of halogens is 3. The predicted molar refractivity (Wildman–Crippen MR) is 120 cm³/mol. The molecule has 8 heteroatoms. The summed E-state index contributed by atoms with van der Waals surface area (Å²) in [5.41, 5.74) is 7.10. The molecule has 5 nitrogen and oxygen atoms in total. The van der Waals surface area contributed by atoms with E-state index in [2.05, 4.69) is 10.3 Å². The van der Waals surface area contributed by atoms with E-state index in [1.165, 1.54) is 19.3 Å². The molecule has 1 aromatic carbocycles. The van der Waals surface area contributed by atoms with Crippen LogP contribution in [0.15, 0.2) is 34.9 Å². The summed E-state index contributed by atoms with van der Waals surface area (Å²) in [6, 6.07) is 8.02. The third-order valence-electron chi connectivity index (χ3n) is 5.95. The molecule has 2 fully saturated rings. The van der Waals surface area contributed by atoms with Crippen molar-refractivity contribution in [2.75, 3.05) is 0 Å².